The topological polar surface area (TPSA) is 63.2 Å². The van der Waals surface area contributed by atoms with Crippen molar-refractivity contribution in [1.82, 2.24) is 5.32 Å². The summed E-state index contributed by atoms with van der Waals surface area (Å²) < 4.78 is 23.0. The van der Waals surface area contributed by atoms with Gasteiger partial charge in [0.2, 0.25) is 0 Å². The second-order valence-corrected chi connectivity index (χ2v) is 6.70. The van der Waals surface area contributed by atoms with Crippen molar-refractivity contribution >= 4 is 15.7 Å². The first kappa shape index (κ1) is 16.3. The normalized spacial score (nSPS) is 11.7. The Morgan fingerprint density at radius 3 is 2.40 bits per heavy atom. The van der Waals surface area contributed by atoms with E-state index >= 15 is 0 Å². The van der Waals surface area contributed by atoms with Crippen molar-refractivity contribution in [2.45, 2.75) is 37.1 Å². The smallest absolute Gasteiger partial charge is 0.252 e. The highest BCUT2D eigenvalue weighted by Crippen LogP contribution is 2.16. The zero-order chi connectivity index (χ0) is 15.4. The summed E-state index contributed by atoms with van der Waals surface area (Å²) >= 11 is 0. The number of hydrogen-bond acceptors (Lipinski definition) is 3. The van der Waals surface area contributed by atoms with Gasteiger partial charge in [0.25, 0.3) is 5.91 Å². The number of carbonyl (C=O) groups is 1. The summed E-state index contributed by atoms with van der Waals surface area (Å²) in [4.78, 5) is 12.3. The van der Waals surface area contributed by atoms with Crippen LogP contribution in [0.1, 0.15) is 37.0 Å². The van der Waals surface area contributed by atoms with Crippen LogP contribution in [0.3, 0.4) is 0 Å². The van der Waals surface area contributed by atoms with Gasteiger partial charge in [0.15, 0.2) is 9.84 Å². The fourth-order valence-electron chi connectivity index (χ4n) is 1.82. The zero-order valence-electron chi connectivity index (χ0n) is 11.9. The first-order chi connectivity index (χ1) is 9.28. The Morgan fingerprint density at radius 1 is 1.35 bits per heavy atom. The standard InChI is InChI=1S/C15H19NO3S/c1-5-15(6-2,7-3)16-14(17)12-9-8-10-13(11-12)20(4,18)19/h1,8-11H,6-7H2,2-4H3,(H,16,17). The second-order valence-electron chi connectivity index (χ2n) is 4.69. The highest BCUT2D eigenvalue weighted by molar-refractivity contribution is 7.90. The molecule has 1 rings (SSSR count). The summed E-state index contributed by atoms with van der Waals surface area (Å²) in [6.07, 6.45) is 7.82. The van der Waals surface area contributed by atoms with Gasteiger partial charge >= 0.3 is 0 Å². The van der Waals surface area contributed by atoms with Crippen LogP contribution < -0.4 is 5.32 Å². The molecule has 0 aliphatic heterocycles. The molecule has 1 amide bonds. The maximum atomic E-state index is 12.2. The summed E-state index contributed by atoms with van der Waals surface area (Å²) in [6.45, 7) is 3.80. The van der Waals surface area contributed by atoms with E-state index in [-0.39, 0.29) is 16.4 Å². The lowest BCUT2D eigenvalue weighted by atomic mass is 9.93. The number of terminal acetylenes is 1. The van der Waals surface area contributed by atoms with E-state index in [1.165, 1.54) is 12.1 Å². The first-order valence-electron chi connectivity index (χ1n) is 6.38. The fraction of sp³-hybridized carbons (Fsp3) is 0.400. The average Bonchev–Trinajstić information content (AvgIpc) is 2.44. The van der Waals surface area contributed by atoms with Crippen LogP contribution in [-0.2, 0) is 9.84 Å². The van der Waals surface area contributed by atoms with Crippen molar-refractivity contribution in [3.8, 4) is 12.3 Å². The Morgan fingerprint density at radius 2 is 1.95 bits per heavy atom. The molecule has 5 heteroatoms. The van der Waals surface area contributed by atoms with E-state index in [0.717, 1.165) is 6.26 Å². The van der Waals surface area contributed by atoms with Gasteiger partial charge in [0.05, 0.1) is 4.90 Å². The minimum atomic E-state index is -3.34. The highest BCUT2D eigenvalue weighted by Gasteiger charge is 2.26. The van der Waals surface area contributed by atoms with Crippen molar-refractivity contribution in [3.63, 3.8) is 0 Å². The van der Waals surface area contributed by atoms with Gasteiger partial charge in [-0.05, 0) is 31.0 Å². The molecule has 1 N–H and O–H groups in total. The third-order valence-corrected chi connectivity index (χ3v) is 4.47. The Balaban J connectivity index is 3.09. The second kappa shape index (κ2) is 6.10. The lowest BCUT2D eigenvalue weighted by Gasteiger charge is -2.27. The van der Waals surface area contributed by atoms with Gasteiger partial charge in [-0.25, -0.2) is 8.42 Å². The molecule has 0 spiro atoms. The molecule has 0 bridgehead atoms. The fourth-order valence-corrected chi connectivity index (χ4v) is 2.49. The molecule has 0 fully saturated rings. The number of nitrogens with one attached hydrogen (secondary N) is 1. The van der Waals surface area contributed by atoms with Crippen LogP contribution in [0, 0.1) is 12.3 Å². The molecule has 0 atom stereocenters. The lowest BCUT2D eigenvalue weighted by Crippen LogP contribution is -2.46. The van der Waals surface area contributed by atoms with E-state index in [4.69, 9.17) is 6.42 Å². The Hall–Kier alpha value is -1.80. The summed E-state index contributed by atoms with van der Waals surface area (Å²) in [6, 6.07) is 5.93. The third kappa shape index (κ3) is 3.61. The first-order valence-corrected chi connectivity index (χ1v) is 8.27. The molecule has 4 nitrogen and oxygen atoms in total. The van der Waals surface area contributed by atoms with E-state index < -0.39 is 15.4 Å². The van der Waals surface area contributed by atoms with Crippen LogP contribution in [0.4, 0.5) is 0 Å². The molecule has 0 aliphatic carbocycles. The van der Waals surface area contributed by atoms with Crippen LogP contribution in [-0.4, -0.2) is 26.1 Å². The largest absolute Gasteiger partial charge is 0.336 e. The summed E-state index contributed by atoms with van der Waals surface area (Å²) in [5.74, 6) is 2.25. The Labute approximate surface area is 120 Å². The van der Waals surface area contributed by atoms with E-state index in [9.17, 15) is 13.2 Å². The number of amides is 1. The average molecular weight is 293 g/mol. The van der Waals surface area contributed by atoms with Gasteiger partial charge in [-0.3, -0.25) is 4.79 Å². The maximum absolute atomic E-state index is 12.2. The van der Waals surface area contributed by atoms with E-state index in [0.29, 0.717) is 12.8 Å². The molecule has 0 heterocycles. The highest BCUT2D eigenvalue weighted by atomic mass is 32.2. The van der Waals surface area contributed by atoms with Gasteiger partial charge in [0, 0.05) is 11.8 Å². The van der Waals surface area contributed by atoms with Crippen molar-refractivity contribution < 1.29 is 13.2 Å². The molecule has 0 radical (unpaired) electrons. The van der Waals surface area contributed by atoms with E-state index in [2.05, 4.69) is 11.2 Å². The molecule has 0 aliphatic rings. The monoisotopic (exact) mass is 293 g/mol. The number of rotatable bonds is 5. The predicted molar refractivity (Wildman–Crippen MR) is 79.2 cm³/mol. The predicted octanol–water partition coefficient (Wildman–Crippen LogP) is 2.01. The SMILES string of the molecule is C#CC(CC)(CC)NC(=O)c1cccc(S(C)(=O)=O)c1. The van der Waals surface area contributed by atoms with E-state index in [1.54, 1.807) is 12.1 Å². The summed E-state index contributed by atoms with van der Waals surface area (Å²) in [5, 5.41) is 2.80. The van der Waals surface area contributed by atoms with Crippen LogP contribution >= 0.6 is 0 Å². The number of sulfone groups is 1. The molecule has 0 saturated carbocycles. The molecule has 1 aromatic carbocycles. The summed E-state index contributed by atoms with van der Waals surface area (Å²) in [5.41, 5.74) is -0.410. The van der Waals surface area contributed by atoms with Crippen LogP contribution in [0.15, 0.2) is 29.2 Å². The summed E-state index contributed by atoms with van der Waals surface area (Å²) in [7, 11) is -3.34. The molecule has 1 aromatic rings. The molecule has 0 aromatic heterocycles. The number of hydrogen-bond donors (Lipinski definition) is 1. The molecule has 20 heavy (non-hydrogen) atoms. The minimum absolute atomic E-state index is 0.115. The number of carbonyl (C=O) groups excluding carboxylic acids is 1. The van der Waals surface area contributed by atoms with Gasteiger partial charge < -0.3 is 5.32 Å². The van der Waals surface area contributed by atoms with E-state index in [1.807, 2.05) is 13.8 Å². The lowest BCUT2D eigenvalue weighted by molar-refractivity contribution is 0.0916. The van der Waals surface area contributed by atoms with Gasteiger partial charge in [-0.2, -0.15) is 0 Å². The zero-order valence-corrected chi connectivity index (χ0v) is 12.8. The van der Waals surface area contributed by atoms with Crippen molar-refractivity contribution in [3.05, 3.63) is 29.8 Å². The quantitative estimate of drug-likeness (QED) is 0.845. The minimum Gasteiger partial charge on any atom is -0.336 e. The Kier molecular flexibility index (Phi) is 4.96. The van der Waals surface area contributed by atoms with Crippen molar-refractivity contribution in [2.75, 3.05) is 6.26 Å². The molecule has 108 valence electrons. The Bertz CT molecular complexity index is 637. The third-order valence-electron chi connectivity index (χ3n) is 3.36. The molecular weight excluding hydrogens is 274 g/mol. The molecule has 0 saturated heterocycles. The van der Waals surface area contributed by atoms with Crippen LogP contribution in [0.25, 0.3) is 0 Å². The van der Waals surface area contributed by atoms with Crippen molar-refractivity contribution in [1.29, 1.82) is 0 Å². The molecule has 0 unspecified atom stereocenters. The van der Waals surface area contributed by atoms with Gasteiger partial charge in [0.1, 0.15) is 5.54 Å². The van der Waals surface area contributed by atoms with Crippen LogP contribution in [0.5, 0.6) is 0 Å². The van der Waals surface area contributed by atoms with Gasteiger partial charge in [-0.15, -0.1) is 6.42 Å². The maximum Gasteiger partial charge on any atom is 0.252 e. The van der Waals surface area contributed by atoms with Gasteiger partial charge in [-0.1, -0.05) is 25.8 Å². The molecular formula is C15H19NO3S. The van der Waals surface area contributed by atoms with Crippen LogP contribution in [0.2, 0.25) is 0 Å². The number of benzene rings is 1. The van der Waals surface area contributed by atoms with Crippen molar-refractivity contribution in [2.24, 2.45) is 0 Å².